The van der Waals surface area contributed by atoms with Crippen LogP contribution in [0.3, 0.4) is 0 Å². The molecular formula is C13H23F3N2O2. The van der Waals surface area contributed by atoms with E-state index in [9.17, 15) is 18.0 Å². The molecule has 2 amide bonds. The van der Waals surface area contributed by atoms with Crippen LogP contribution in [0.2, 0.25) is 0 Å². The smallest absolute Gasteiger partial charge is 0.379 e. The molecule has 2 unspecified atom stereocenters. The minimum Gasteiger partial charge on any atom is -0.379 e. The second-order valence-corrected chi connectivity index (χ2v) is 5.29. The number of ether oxygens (including phenoxy) is 1. The number of nitrogens with zero attached hydrogens (tertiary/aromatic N) is 1. The Balaban J connectivity index is 2.19. The van der Waals surface area contributed by atoms with E-state index in [4.69, 9.17) is 4.74 Å². The Morgan fingerprint density at radius 3 is 2.70 bits per heavy atom. The number of alkyl halides is 3. The monoisotopic (exact) mass is 296 g/mol. The number of hydrogen-bond donors (Lipinski definition) is 1. The number of halogens is 3. The lowest BCUT2D eigenvalue weighted by Gasteiger charge is -2.36. The number of nitrogens with one attached hydrogen (secondary N) is 1. The van der Waals surface area contributed by atoms with Gasteiger partial charge >= 0.3 is 12.2 Å². The van der Waals surface area contributed by atoms with E-state index in [1.54, 1.807) is 12.0 Å². The SMILES string of the molecule is COC1CN(C(=O)NCCCCC(F)(F)F)CCC1C. The molecule has 1 aliphatic heterocycles. The lowest BCUT2D eigenvalue weighted by molar-refractivity contribution is -0.135. The average Bonchev–Trinajstić information content (AvgIpc) is 2.37. The molecule has 0 aliphatic carbocycles. The Hall–Kier alpha value is -0.980. The Morgan fingerprint density at radius 2 is 2.10 bits per heavy atom. The molecule has 1 heterocycles. The summed E-state index contributed by atoms with van der Waals surface area (Å²) in [5.41, 5.74) is 0. The average molecular weight is 296 g/mol. The van der Waals surface area contributed by atoms with E-state index in [-0.39, 0.29) is 25.1 Å². The number of rotatable bonds is 5. The maximum absolute atomic E-state index is 11.9. The molecule has 0 aromatic heterocycles. The normalized spacial score (nSPS) is 23.8. The summed E-state index contributed by atoms with van der Waals surface area (Å²) in [6, 6.07) is -0.217. The second kappa shape index (κ2) is 7.71. The van der Waals surface area contributed by atoms with Gasteiger partial charge in [-0.15, -0.1) is 0 Å². The van der Waals surface area contributed by atoms with Crippen molar-refractivity contribution < 1.29 is 22.7 Å². The summed E-state index contributed by atoms with van der Waals surface area (Å²) in [6.07, 6.45) is -3.63. The highest BCUT2D eigenvalue weighted by molar-refractivity contribution is 5.74. The van der Waals surface area contributed by atoms with Crippen LogP contribution in [0.15, 0.2) is 0 Å². The summed E-state index contributed by atoms with van der Waals surface area (Å²) in [7, 11) is 1.62. The first-order chi connectivity index (χ1) is 9.33. The van der Waals surface area contributed by atoms with Crippen LogP contribution in [0.1, 0.15) is 32.6 Å². The van der Waals surface area contributed by atoms with Crippen LogP contribution in [-0.4, -0.2) is 50.0 Å². The van der Waals surface area contributed by atoms with E-state index in [1.165, 1.54) is 0 Å². The topological polar surface area (TPSA) is 41.6 Å². The molecule has 20 heavy (non-hydrogen) atoms. The Bertz CT molecular complexity index is 310. The predicted octanol–water partition coefficient (Wildman–Crippen LogP) is 2.79. The van der Waals surface area contributed by atoms with Gasteiger partial charge in [0.15, 0.2) is 0 Å². The van der Waals surface area contributed by atoms with Gasteiger partial charge in [0.2, 0.25) is 0 Å². The van der Waals surface area contributed by atoms with Gasteiger partial charge in [0.05, 0.1) is 6.10 Å². The fourth-order valence-corrected chi connectivity index (χ4v) is 2.28. The quantitative estimate of drug-likeness (QED) is 0.793. The van der Waals surface area contributed by atoms with Crippen molar-refractivity contribution in [1.82, 2.24) is 10.2 Å². The molecule has 0 saturated carbocycles. The Labute approximate surface area is 117 Å². The largest absolute Gasteiger partial charge is 0.389 e. The van der Waals surface area contributed by atoms with Gasteiger partial charge in [0.1, 0.15) is 0 Å². The number of carbonyl (C=O) groups excluding carboxylic acids is 1. The molecule has 1 saturated heterocycles. The highest BCUT2D eigenvalue weighted by atomic mass is 19.4. The molecule has 118 valence electrons. The highest BCUT2D eigenvalue weighted by Crippen LogP contribution is 2.22. The fraction of sp³-hybridized carbons (Fsp3) is 0.923. The van der Waals surface area contributed by atoms with Crippen LogP contribution in [0.5, 0.6) is 0 Å². The van der Waals surface area contributed by atoms with Gasteiger partial charge in [-0.05, 0) is 25.2 Å². The molecular weight excluding hydrogens is 273 g/mol. The van der Waals surface area contributed by atoms with Gasteiger partial charge in [0, 0.05) is 33.2 Å². The van der Waals surface area contributed by atoms with E-state index >= 15 is 0 Å². The second-order valence-electron chi connectivity index (χ2n) is 5.29. The van der Waals surface area contributed by atoms with Crippen molar-refractivity contribution in [3.63, 3.8) is 0 Å². The number of urea groups is 1. The minimum absolute atomic E-state index is 0.0275. The lowest BCUT2D eigenvalue weighted by Crippen LogP contribution is -2.50. The first kappa shape index (κ1) is 17.1. The van der Waals surface area contributed by atoms with Crippen molar-refractivity contribution >= 4 is 6.03 Å². The number of piperidine rings is 1. The molecule has 1 fully saturated rings. The zero-order valence-electron chi connectivity index (χ0n) is 12.0. The van der Waals surface area contributed by atoms with Crippen LogP contribution in [0.4, 0.5) is 18.0 Å². The van der Waals surface area contributed by atoms with Crippen LogP contribution in [0, 0.1) is 5.92 Å². The van der Waals surface area contributed by atoms with Crippen molar-refractivity contribution in [2.24, 2.45) is 5.92 Å². The number of hydrogen-bond acceptors (Lipinski definition) is 2. The third-order valence-corrected chi connectivity index (χ3v) is 3.64. The summed E-state index contributed by atoms with van der Waals surface area (Å²) in [4.78, 5) is 13.5. The summed E-state index contributed by atoms with van der Waals surface area (Å²) in [5, 5.41) is 2.66. The molecule has 0 radical (unpaired) electrons. The maximum atomic E-state index is 11.9. The standard InChI is InChI=1S/C13H23F3N2O2/c1-10-5-8-18(9-11(10)20-2)12(19)17-7-4-3-6-13(14,15)16/h10-11H,3-9H2,1-2H3,(H,17,19). The van der Waals surface area contributed by atoms with Gasteiger partial charge < -0.3 is 15.0 Å². The van der Waals surface area contributed by atoms with E-state index in [0.29, 0.717) is 25.4 Å². The number of methoxy groups -OCH3 is 1. The summed E-state index contributed by atoms with van der Waals surface area (Å²) in [6.45, 7) is 3.56. The first-order valence-electron chi connectivity index (χ1n) is 6.96. The molecule has 0 aromatic carbocycles. The van der Waals surface area contributed by atoms with Gasteiger partial charge in [-0.25, -0.2) is 4.79 Å². The van der Waals surface area contributed by atoms with E-state index < -0.39 is 12.6 Å². The molecule has 7 heteroatoms. The molecule has 0 bridgehead atoms. The van der Waals surface area contributed by atoms with Crippen LogP contribution < -0.4 is 5.32 Å². The highest BCUT2D eigenvalue weighted by Gasteiger charge is 2.29. The fourth-order valence-electron chi connectivity index (χ4n) is 2.28. The third-order valence-electron chi connectivity index (χ3n) is 3.64. The predicted molar refractivity (Wildman–Crippen MR) is 69.5 cm³/mol. The summed E-state index contributed by atoms with van der Waals surface area (Å²) >= 11 is 0. The number of carbonyl (C=O) groups is 1. The summed E-state index contributed by atoms with van der Waals surface area (Å²) < 4.78 is 41.1. The van der Waals surface area contributed by atoms with Crippen molar-refractivity contribution in [2.45, 2.75) is 44.9 Å². The number of amides is 2. The molecule has 4 nitrogen and oxygen atoms in total. The van der Waals surface area contributed by atoms with Crippen molar-refractivity contribution in [3.8, 4) is 0 Å². The molecule has 0 aromatic rings. The maximum Gasteiger partial charge on any atom is 0.389 e. The third kappa shape index (κ3) is 5.98. The summed E-state index contributed by atoms with van der Waals surface area (Å²) in [5.74, 6) is 0.413. The van der Waals surface area contributed by atoms with Crippen LogP contribution >= 0.6 is 0 Å². The van der Waals surface area contributed by atoms with E-state index in [1.807, 2.05) is 0 Å². The zero-order chi connectivity index (χ0) is 15.2. The van der Waals surface area contributed by atoms with Crippen molar-refractivity contribution in [1.29, 1.82) is 0 Å². The van der Waals surface area contributed by atoms with Crippen molar-refractivity contribution in [2.75, 3.05) is 26.7 Å². The van der Waals surface area contributed by atoms with Crippen LogP contribution in [0.25, 0.3) is 0 Å². The number of likely N-dealkylation sites (tertiary alicyclic amines) is 1. The van der Waals surface area contributed by atoms with Crippen molar-refractivity contribution in [3.05, 3.63) is 0 Å². The molecule has 1 N–H and O–H groups in total. The van der Waals surface area contributed by atoms with Gasteiger partial charge in [-0.1, -0.05) is 6.92 Å². The molecule has 0 spiro atoms. The van der Waals surface area contributed by atoms with Gasteiger partial charge in [0.25, 0.3) is 0 Å². The van der Waals surface area contributed by atoms with E-state index in [0.717, 1.165) is 6.42 Å². The first-order valence-corrected chi connectivity index (χ1v) is 6.96. The van der Waals surface area contributed by atoms with E-state index in [2.05, 4.69) is 12.2 Å². The Morgan fingerprint density at radius 1 is 1.40 bits per heavy atom. The van der Waals surface area contributed by atoms with Crippen LogP contribution in [-0.2, 0) is 4.74 Å². The minimum atomic E-state index is -4.11. The zero-order valence-corrected chi connectivity index (χ0v) is 12.0. The van der Waals surface area contributed by atoms with Gasteiger partial charge in [-0.2, -0.15) is 13.2 Å². The molecule has 1 rings (SSSR count). The molecule has 1 aliphatic rings. The lowest BCUT2D eigenvalue weighted by atomic mass is 9.96. The Kier molecular flexibility index (Phi) is 6.58. The number of unbranched alkanes of at least 4 members (excludes halogenated alkanes) is 1. The van der Waals surface area contributed by atoms with Gasteiger partial charge in [-0.3, -0.25) is 0 Å². The molecule has 2 atom stereocenters.